The standard InChI is InChI=1S/C26H41BN4O9S/c1-15(2)21(31-20(32)13-26(6,7)40-11-10-25(4,5)28)23(34)29-16(3)22(33)30-18-9-8-17(14-39-24(27)35)19(12-18)41(36,37)38/h8-9,12,15-16,21H,10-11,13-14,28H2,1-7H3,(H,29,34)(H,30,33)(H,31,32)(H,36,37,38)/t16-,21?/m0/s1. The second-order valence-corrected chi connectivity index (χ2v) is 12.8. The van der Waals surface area contributed by atoms with Gasteiger partial charge in [-0.05, 0) is 59.1 Å². The highest BCUT2D eigenvalue weighted by atomic mass is 32.2. The van der Waals surface area contributed by atoms with Crippen LogP contribution in [0.15, 0.2) is 23.1 Å². The summed E-state index contributed by atoms with van der Waals surface area (Å²) >= 11 is 0. The Hall–Kier alpha value is -3.01. The third-order valence-corrected chi connectivity index (χ3v) is 6.76. The Morgan fingerprint density at radius 1 is 1.05 bits per heavy atom. The molecular formula is C26H41BN4O9S. The summed E-state index contributed by atoms with van der Waals surface area (Å²) in [6.45, 7) is 12.0. The van der Waals surface area contributed by atoms with Crippen molar-refractivity contribution in [2.45, 2.75) is 96.0 Å². The van der Waals surface area contributed by atoms with E-state index < -0.39 is 68.4 Å². The number of carbonyl (C=O) groups excluding carboxylic acids is 4. The summed E-state index contributed by atoms with van der Waals surface area (Å²) < 4.78 is 43.5. The summed E-state index contributed by atoms with van der Waals surface area (Å²) in [5, 5.41) is 7.68. The molecule has 0 aromatic heterocycles. The first-order chi connectivity index (χ1) is 18.6. The van der Waals surface area contributed by atoms with Crippen LogP contribution in [-0.2, 0) is 40.6 Å². The zero-order chi connectivity index (χ0) is 31.8. The maximum atomic E-state index is 13.0. The van der Waals surface area contributed by atoms with Gasteiger partial charge in [0.25, 0.3) is 10.1 Å². The van der Waals surface area contributed by atoms with Crippen LogP contribution in [0, 0.1) is 5.92 Å². The Morgan fingerprint density at radius 2 is 1.66 bits per heavy atom. The van der Waals surface area contributed by atoms with Gasteiger partial charge in [0, 0.05) is 23.4 Å². The van der Waals surface area contributed by atoms with E-state index >= 15 is 0 Å². The van der Waals surface area contributed by atoms with Gasteiger partial charge in [0.15, 0.2) is 0 Å². The maximum Gasteiger partial charge on any atom is 0.294 e. The number of benzene rings is 1. The predicted molar refractivity (Wildman–Crippen MR) is 153 cm³/mol. The van der Waals surface area contributed by atoms with Gasteiger partial charge in [-0.3, -0.25) is 23.7 Å². The summed E-state index contributed by atoms with van der Waals surface area (Å²) in [6.07, 6.45) is 0.584. The largest absolute Gasteiger partial charge is 0.470 e. The molecular weight excluding hydrogens is 555 g/mol. The van der Waals surface area contributed by atoms with Crippen LogP contribution in [0.2, 0.25) is 0 Å². The molecule has 0 saturated heterocycles. The lowest BCUT2D eigenvalue weighted by atomic mass is 10.00. The molecule has 0 spiro atoms. The van der Waals surface area contributed by atoms with Crippen molar-refractivity contribution in [2.24, 2.45) is 11.7 Å². The fraction of sp³-hybridized carbons (Fsp3) is 0.615. The Kier molecular flexibility index (Phi) is 13.0. The molecule has 41 heavy (non-hydrogen) atoms. The van der Waals surface area contributed by atoms with E-state index in [1.54, 1.807) is 27.7 Å². The van der Waals surface area contributed by atoms with Crippen molar-refractivity contribution in [2.75, 3.05) is 11.9 Å². The van der Waals surface area contributed by atoms with Gasteiger partial charge in [-0.2, -0.15) is 8.42 Å². The average molecular weight is 597 g/mol. The molecule has 228 valence electrons. The summed E-state index contributed by atoms with van der Waals surface area (Å²) in [5.41, 5.74) is 4.67. The first-order valence-corrected chi connectivity index (χ1v) is 14.4. The Bertz CT molecular complexity index is 1210. The molecule has 1 rings (SSSR count). The van der Waals surface area contributed by atoms with Crippen molar-refractivity contribution in [1.82, 2.24) is 10.6 Å². The second-order valence-electron chi connectivity index (χ2n) is 11.4. The van der Waals surface area contributed by atoms with E-state index in [1.165, 1.54) is 19.1 Å². The number of amides is 3. The summed E-state index contributed by atoms with van der Waals surface area (Å²) in [7, 11) is 0.150. The molecule has 0 heterocycles. The maximum absolute atomic E-state index is 13.0. The predicted octanol–water partition coefficient (Wildman–Crippen LogP) is 1.64. The molecule has 6 N–H and O–H groups in total. The molecule has 1 aromatic rings. The molecule has 0 aliphatic rings. The normalized spacial score (nSPS) is 13.7. The lowest BCUT2D eigenvalue weighted by Gasteiger charge is -2.29. The second kappa shape index (κ2) is 14.8. The van der Waals surface area contributed by atoms with Crippen molar-refractivity contribution in [3.8, 4) is 0 Å². The highest BCUT2D eigenvalue weighted by molar-refractivity contribution is 7.85. The van der Waals surface area contributed by atoms with Crippen LogP contribution in [0.3, 0.4) is 0 Å². The van der Waals surface area contributed by atoms with Gasteiger partial charge in [0.2, 0.25) is 31.4 Å². The molecule has 0 bridgehead atoms. The molecule has 0 aliphatic carbocycles. The highest BCUT2D eigenvalue weighted by Crippen LogP contribution is 2.22. The minimum absolute atomic E-state index is 0.0128. The molecule has 13 nitrogen and oxygen atoms in total. The van der Waals surface area contributed by atoms with E-state index in [4.69, 9.17) is 18.3 Å². The van der Waals surface area contributed by atoms with Crippen LogP contribution in [0.4, 0.5) is 10.5 Å². The summed E-state index contributed by atoms with van der Waals surface area (Å²) in [5.74, 6) is -3.17. The van der Waals surface area contributed by atoms with Crippen molar-refractivity contribution in [3.05, 3.63) is 23.8 Å². The molecule has 1 aromatic carbocycles. The number of anilines is 1. The quantitative estimate of drug-likeness (QED) is 0.146. The van der Waals surface area contributed by atoms with Crippen molar-refractivity contribution in [3.63, 3.8) is 0 Å². The van der Waals surface area contributed by atoms with Crippen LogP contribution in [0.25, 0.3) is 0 Å². The topological polar surface area (TPSA) is 203 Å². The monoisotopic (exact) mass is 596 g/mol. The minimum atomic E-state index is -4.74. The van der Waals surface area contributed by atoms with Crippen LogP contribution in [0.5, 0.6) is 0 Å². The Morgan fingerprint density at radius 3 is 2.17 bits per heavy atom. The van der Waals surface area contributed by atoms with Gasteiger partial charge in [-0.1, -0.05) is 19.9 Å². The molecule has 0 aliphatic heterocycles. The summed E-state index contributed by atoms with van der Waals surface area (Å²) in [6, 6.07) is 1.46. The van der Waals surface area contributed by atoms with Gasteiger partial charge in [-0.15, -0.1) is 0 Å². The van der Waals surface area contributed by atoms with Gasteiger partial charge in [0.05, 0.1) is 12.0 Å². The molecule has 0 fully saturated rings. The van der Waals surface area contributed by atoms with Gasteiger partial charge < -0.3 is 31.2 Å². The van der Waals surface area contributed by atoms with Gasteiger partial charge in [-0.25, -0.2) is 0 Å². The summed E-state index contributed by atoms with van der Waals surface area (Å²) in [4.78, 5) is 48.7. The Labute approximate surface area is 242 Å². The molecule has 2 radical (unpaired) electrons. The first kappa shape index (κ1) is 36.0. The smallest absolute Gasteiger partial charge is 0.294 e. The number of nitrogens with two attached hydrogens (primary N) is 1. The lowest BCUT2D eigenvalue weighted by Crippen LogP contribution is -2.54. The highest BCUT2D eigenvalue weighted by Gasteiger charge is 2.30. The minimum Gasteiger partial charge on any atom is -0.470 e. The van der Waals surface area contributed by atoms with E-state index in [0.717, 1.165) is 6.07 Å². The molecule has 0 saturated carbocycles. The van der Waals surface area contributed by atoms with Gasteiger partial charge >= 0.3 is 0 Å². The number of ether oxygens (including phenoxy) is 2. The number of nitrogens with one attached hydrogen (secondary N) is 3. The molecule has 15 heteroatoms. The van der Waals surface area contributed by atoms with Crippen LogP contribution in [0.1, 0.15) is 66.9 Å². The lowest BCUT2D eigenvalue weighted by molar-refractivity contribution is -0.134. The Balaban J connectivity index is 2.86. The molecule has 1 unspecified atom stereocenters. The SMILES string of the molecule is [B]C(=O)OCc1ccc(NC(=O)[C@H](C)NC(=O)C(NC(=O)CC(C)(C)OCCC(C)(C)N)C(C)C)cc1S(=O)(=O)O. The van der Waals surface area contributed by atoms with Crippen molar-refractivity contribution < 1.29 is 41.6 Å². The van der Waals surface area contributed by atoms with E-state index in [1.807, 2.05) is 13.8 Å². The van der Waals surface area contributed by atoms with Crippen molar-refractivity contribution in [1.29, 1.82) is 0 Å². The zero-order valence-corrected chi connectivity index (χ0v) is 25.4. The third-order valence-electron chi connectivity index (χ3n) is 5.83. The van der Waals surface area contributed by atoms with Crippen LogP contribution in [-0.4, -0.2) is 74.2 Å². The van der Waals surface area contributed by atoms with E-state index in [0.29, 0.717) is 13.0 Å². The zero-order valence-electron chi connectivity index (χ0n) is 24.6. The average Bonchev–Trinajstić information content (AvgIpc) is 2.79. The number of hydrogen-bond donors (Lipinski definition) is 5. The first-order valence-electron chi connectivity index (χ1n) is 13.0. The van der Waals surface area contributed by atoms with Gasteiger partial charge in [0.1, 0.15) is 23.6 Å². The van der Waals surface area contributed by atoms with Crippen molar-refractivity contribution >= 4 is 47.2 Å². The van der Waals surface area contributed by atoms with E-state index in [-0.39, 0.29) is 23.6 Å². The van der Waals surface area contributed by atoms with E-state index in [2.05, 4.69) is 20.7 Å². The fourth-order valence-electron chi connectivity index (χ4n) is 3.55. The number of rotatable bonds is 15. The number of carbonyl (C=O) groups is 4. The molecule has 3 amide bonds. The fourth-order valence-corrected chi connectivity index (χ4v) is 4.28. The number of hydrogen-bond acceptors (Lipinski definition) is 9. The van der Waals surface area contributed by atoms with Crippen LogP contribution < -0.4 is 21.7 Å². The van der Waals surface area contributed by atoms with E-state index in [9.17, 15) is 32.1 Å². The third kappa shape index (κ3) is 13.5. The van der Waals surface area contributed by atoms with Crippen LogP contribution >= 0.6 is 0 Å². The molecule has 2 atom stereocenters.